The fraction of sp³-hybridized carbons (Fsp3) is 0.500. The molecule has 0 radical (unpaired) electrons. The van der Waals surface area contributed by atoms with Gasteiger partial charge in [-0.05, 0) is 19.1 Å². The molecule has 4 heteroatoms. The predicted octanol–water partition coefficient (Wildman–Crippen LogP) is 0.797. The molecular formula is C6H9NO3. The predicted molar refractivity (Wildman–Crippen MR) is 36.3 cm³/mol. The van der Waals surface area contributed by atoms with Crippen molar-refractivity contribution in [2.45, 2.75) is 19.9 Å². The number of rotatable bonds is 3. The Labute approximate surface area is 58.7 Å². The summed E-state index contributed by atoms with van der Waals surface area (Å²) in [6, 6.07) is -0.774. The second kappa shape index (κ2) is 3.76. The van der Waals surface area contributed by atoms with Crippen LogP contribution in [0, 0.1) is 10.1 Å². The standard InChI is InChI=1S/C6H9NO3/c1-5(7(9)10)3-4-6(2)8/h3-5H,1-2H3. The highest BCUT2D eigenvalue weighted by Gasteiger charge is 2.05. The number of allylic oxidation sites excluding steroid dienone is 1. The van der Waals surface area contributed by atoms with E-state index in [0.717, 1.165) is 0 Å². The van der Waals surface area contributed by atoms with Gasteiger partial charge in [0.05, 0.1) is 0 Å². The van der Waals surface area contributed by atoms with E-state index in [9.17, 15) is 14.9 Å². The van der Waals surface area contributed by atoms with E-state index in [1.165, 1.54) is 26.0 Å². The van der Waals surface area contributed by atoms with Crippen LogP contribution in [0.3, 0.4) is 0 Å². The topological polar surface area (TPSA) is 60.2 Å². The van der Waals surface area contributed by atoms with Crippen molar-refractivity contribution in [3.8, 4) is 0 Å². The smallest absolute Gasteiger partial charge is 0.228 e. The van der Waals surface area contributed by atoms with Crippen molar-refractivity contribution >= 4 is 5.78 Å². The van der Waals surface area contributed by atoms with Gasteiger partial charge in [-0.25, -0.2) is 0 Å². The molecular weight excluding hydrogens is 134 g/mol. The Bertz CT molecular complexity index is 174. The van der Waals surface area contributed by atoms with E-state index in [4.69, 9.17) is 0 Å². The third kappa shape index (κ3) is 3.77. The highest BCUT2D eigenvalue weighted by Crippen LogP contribution is 1.89. The van der Waals surface area contributed by atoms with E-state index in [1.807, 2.05) is 0 Å². The minimum Gasteiger partial charge on any atom is -0.295 e. The van der Waals surface area contributed by atoms with Gasteiger partial charge < -0.3 is 0 Å². The summed E-state index contributed by atoms with van der Waals surface area (Å²) in [6.07, 6.45) is 2.47. The Kier molecular flexibility index (Phi) is 3.32. The van der Waals surface area contributed by atoms with Crippen LogP contribution in [0.15, 0.2) is 12.2 Å². The lowest BCUT2D eigenvalue weighted by atomic mass is 10.3. The van der Waals surface area contributed by atoms with Crippen LogP contribution in [0.2, 0.25) is 0 Å². The van der Waals surface area contributed by atoms with Gasteiger partial charge in [0, 0.05) is 11.8 Å². The number of carbonyl (C=O) groups excluding carboxylic acids is 1. The van der Waals surface area contributed by atoms with E-state index in [0.29, 0.717) is 0 Å². The molecule has 0 bridgehead atoms. The summed E-state index contributed by atoms with van der Waals surface area (Å²) < 4.78 is 0. The Balaban J connectivity index is 3.89. The van der Waals surface area contributed by atoms with E-state index in [2.05, 4.69) is 0 Å². The second-order valence-electron chi connectivity index (χ2n) is 2.00. The minimum absolute atomic E-state index is 0.172. The summed E-state index contributed by atoms with van der Waals surface area (Å²) in [5, 5.41) is 9.95. The second-order valence-corrected chi connectivity index (χ2v) is 2.00. The van der Waals surface area contributed by atoms with Crippen molar-refractivity contribution in [3.05, 3.63) is 22.3 Å². The van der Waals surface area contributed by atoms with Crippen molar-refractivity contribution in [3.63, 3.8) is 0 Å². The quantitative estimate of drug-likeness (QED) is 0.333. The lowest BCUT2D eigenvalue weighted by molar-refractivity contribution is -0.504. The maximum Gasteiger partial charge on any atom is 0.228 e. The van der Waals surface area contributed by atoms with Crippen LogP contribution in [0.4, 0.5) is 0 Å². The van der Waals surface area contributed by atoms with Crippen LogP contribution in [0.5, 0.6) is 0 Å². The van der Waals surface area contributed by atoms with Gasteiger partial charge in [-0.15, -0.1) is 0 Å². The van der Waals surface area contributed by atoms with Gasteiger partial charge in [0.1, 0.15) is 0 Å². The van der Waals surface area contributed by atoms with Gasteiger partial charge in [0.2, 0.25) is 6.04 Å². The maximum absolute atomic E-state index is 10.3. The number of carbonyl (C=O) groups is 1. The molecule has 1 unspecified atom stereocenters. The van der Waals surface area contributed by atoms with Crippen LogP contribution in [-0.4, -0.2) is 16.7 Å². The molecule has 0 fully saturated rings. The Morgan fingerprint density at radius 3 is 2.50 bits per heavy atom. The van der Waals surface area contributed by atoms with Crippen molar-refractivity contribution in [2.24, 2.45) is 0 Å². The summed E-state index contributed by atoms with van der Waals surface area (Å²) in [5.41, 5.74) is 0. The molecule has 0 N–H and O–H groups in total. The molecule has 0 rings (SSSR count). The molecule has 56 valence electrons. The molecule has 0 aromatic carbocycles. The SMILES string of the molecule is CC(=O)C=CC(C)[N+](=O)[O-]. The van der Waals surface area contributed by atoms with Gasteiger partial charge >= 0.3 is 0 Å². The monoisotopic (exact) mass is 143 g/mol. The zero-order valence-electron chi connectivity index (χ0n) is 5.90. The van der Waals surface area contributed by atoms with Crippen LogP contribution in [0.1, 0.15) is 13.8 Å². The van der Waals surface area contributed by atoms with E-state index >= 15 is 0 Å². The molecule has 0 aliphatic carbocycles. The molecule has 0 aliphatic rings. The third-order valence-electron chi connectivity index (χ3n) is 0.942. The molecule has 0 spiro atoms. The normalized spacial score (nSPS) is 13.4. The fourth-order valence-electron chi connectivity index (χ4n) is 0.345. The van der Waals surface area contributed by atoms with Crippen molar-refractivity contribution in [2.75, 3.05) is 0 Å². The third-order valence-corrected chi connectivity index (χ3v) is 0.942. The zero-order valence-corrected chi connectivity index (χ0v) is 5.90. The first kappa shape index (κ1) is 8.81. The highest BCUT2D eigenvalue weighted by molar-refractivity contribution is 5.87. The van der Waals surface area contributed by atoms with E-state index in [-0.39, 0.29) is 5.78 Å². The summed E-state index contributed by atoms with van der Waals surface area (Å²) in [6.45, 7) is 2.77. The summed E-state index contributed by atoms with van der Waals surface area (Å²) in [4.78, 5) is 19.8. The molecule has 0 heterocycles. The van der Waals surface area contributed by atoms with Crippen molar-refractivity contribution in [1.29, 1.82) is 0 Å². The molecule has 0 amide bonds. The molecule has 1 atom stereocenters. The van der Waals surface area contributed by atoms with Crippen LogP contribution < -0.4 is 0 Å². The Hall–Kier alpha value is -1.19. The molecule has 0 aromatic rings. The molecule has 0 aliphatic heterocycles. The Morgan fingerprint density at radius 2 is 2.20 bits per heavy atom. The number of nitrogens with zero attached hydrogens (tertiary/aromatic N) is 1. The summed E-state index contributed by atoms with van der Waals surface area (Å²) in [5.74, 6) is -0.172. The van der Waals surface area contributed by atoms with Crippen LogP contribution >= 0.6 is 0 Å². The van der Waals surface area contributed by atoms with E-state index < -0.39 is 11.0 Å². The lowest BCUT2D eigenvalue weighted by Gasteiger charge is -1.92. The summed E-state index contributed by atoms with van der Waals surface area (Å²) >= 11 is 0. The van der Waals surface area contributed by atoms with Gasteiger partial charge in [-0.2, -0.15) is 0 Å². The number of hydrogen-bond acceptors (Lipinski definition) is 3. The first-order valence-electron chi connectivity index (χ1n) is 2.86. The Morgan fingerprint density at radius 1 is 1.70 bits per heavy atom. The summed E-state index contributed by atoms with van der Waals surface area (Å²) in [7, 11) is 0. The first-order chi connectivity index (χ1) is 4.54. The average Bonchev–Trinajstić information content (AvgIpc) is 1.82. The zero-order chi connectivity index (χ0) is 8.15. The van der Waals surface area contributed by atoms with Gasteiger partial charge in [0.15, 0.2) is 5.78 Å². The average molecular weight is 143 g/mol. The number of ketones is 1. The van der Waals surface area contributed by atoms with Gasteiger partial charge in [-0.1, -0.05) is 0 Å². The highest BCUT2D eigenvalue weighted by atomic mass is 16.6. The number of nitro groups is 1. The number of hydrogen-bond donors (Lipinski definition) is 0. The first-order valence-corrected chi connectivity index (χ1v) is 2.86. The minimum atomic E-state index is -0.774. The molecule has 10 heavy (non-hydrogen) atoms. The van der Waals surface area contributed by atoms with Crippen LogP contribution in [0.25, 0.3) is 0 Å². The molecule has 0 saturated carbocycles. The van der Waals surface area contributed by atoms with Gasteiger partial charge in [-0.3, -0.25) is 14.9 Å². The lowest BCUT2D eigenvalue weighted by Crippen LogP contribution is -2.11. The van der Waals surface area contributed by atoms with Gasteiger partial charge in [0.25, 0.3) is 0 Å². The largest absolute Gasteiger partial charge is 0.295 e. The fourth-order valence-corrected chi connectivity index (χ4v) is 0.345. The van der Waals surface area contributed by atoms with E-state index in [1.54, 1.807) is 0 Å². The maximum atomic E-state index is 10.3. The molecule has 0 aromatic heterocycles. The molecule has 4 nitrogen and oxygen atoms in total. The van der Waals surface area contributed by atoms with Crippen LogP contribution in [-0.2, 0) is 4.79 Å². The molecule has 0 saturated heterocycles. The van der Waals surface area contributed by atoms with Crippen molar-refractivity contribution < 1.29 is 9.72 Å². The van der Waals surface area contributed by atoms with Crippen molar-refractivity contribution in [1.82, 2.24) is 0 Å².